The van der Waals surface area contributed by atoms with Crippen LogP contribution in [0.2, 0.25) is 5.02 Å². The molecule has 0 aliphatic rings. The van der Waals surface area contributed by atoms with Crippen molar-refractivity contribution in [2.45, 2.75) is 5.75 Å². The summed E-state index contributed by atoms with van der Waals surface area (Å²) in [5.41, 5.74) is 3.92. The summed E-state index contributed by atoms with van der Waals surface area (Å²) in [7, 11) is 1.30. The summed E-state index contributed by atoms with van der Waals surface area (Å²) >= 11 is 9.38. The summed E-state index contributed by atoms with van der Waals surface area (Å²) < 4.78 is 4.57. The third-order valence-electron chi connectivity index (χ3n) is 2.94. The highest BCUT2D eigenvalue weighted by Crippen LogP contribution is 2.25. The molecule has 24 heavy (non-hydrogen) atoms. The van der Waals surface area contributed by atoms with Gasteiger partial charge in [-0.3, -0.25) is 0 Å². The quantitative estimate of drug-likeness (QED) is 0.320. The number of carbonyl (C=O) groups is 1. The van der Waals surface area contributed by atoms with Gasteiger partial charge in [-0.2, -0.15) is 16.9 Å². The second kappa shape index (κ2) is 9.52. The van der Waals surface area contributed by atoms with E-state index in [9.17, 15) is 4.79 Å². The third-order valence-corrected chi connectivity index (χ3v) is 5.45. The maximum atomic E-state index is 11.3. The normalized spacial score (nSPS) is 11.2. The van der Waals surface area contributed by atoms with Crippen LogP contribution >= 0.6 is 34.7 Å². The Morgan fingerprint density at radius 2 is 2.12 bits per heavy atom. The van der Waals surface area contributed by atoms with Gasteiger partial charge in [0.05, 0.1) is 12.0 Å². The highest BCUT2D eigenvalue weighted by atomic mass is 35.5. The van der Waals surface area contributed by atoms with Crippen LogP contribution in [0.5, 0.6) is 0 Å². The van der Waals surface area contributed by atoms with Gasteiger partial charge < -0.3 is 4.74 Å². The van der Waals surface area contributed by atoms with Crippen molar-refractivity contribution in [3.63, 3.8) is 0 Å². The van der Waals surface area contributed by atoms with E-state index < -0.39 is 6.09 Å². The average Bonchev–Trinajstić information content (AvgIpc) is 3.05. The fourth-order valence-corrected chi connectivity index (χ4v) is 3.85. The van der Waals surface area contributed by atoms with Crippen molar-refractivity contribution in [1.29, 1.82) is 0 Å². The molecule has 1 heterocycles. The van der Waals surface area contributed by atoms with Gasteiger partial charge >= 0.3 is 6.09 Å². The number of hydrogen-bond donors (Lipinski definition) is 1. The Kier molecular flexibility index (Phi) is 7.36. The Hall–Kier alpha value is -1.76. The molecule has 0 saturated carbocycles. The van der Waals surface area contributed by atoms with Crippen molar-refractivity contribution < 1.29 is 9.53 Å². The molecule has 1 aromatic carbocycles. The first-order valence-corrected chi connectivity index (χ1v) is 9.44. The summed E-state index contributed by atoms with van der Waals surface area (Å²) in [5, 5.41) is 4.86. The van der Waals surface area contributed by atoms with Gasteiger partial charge in [-0.15, -0.1) is 17.9 Å². The van der Waals surface area contributed by atoms with Crippen molar-refractivity contribution in [1.82, 2.24) is 5.43 Å². The number of hydrazone groups is 1. The van der Waals surface area contributed by atoms with Crippen LogP contribution < -0.4 is 5.43 Å². The molecule has 1 N–H and O–H groups in total. The van der Waals surface area contributed by atoms with Crippen molar-refractivity contribution in [2.75, 3.05) is 12.9 Å². The number of ether oxygens (including phenoxy) is 1. The molecule has 0 bridgehead atoms. The molecule has 2 aromatic rings. The van der Waals surface area contributed by atoms with Gasteiger partial charge in [0.1, 0.15) is 5.71 Å². The molecule has 7 heteroatoms. The Morgan fingerprint density at radius 1 is 1.38 bits per heavy atom. The number of thiophene rings is 1. The first-order chi connectivity index (χ1) is 11.6. The van der Waals surface area contributed by atoms with E-state index in [1.54, 1.807) is 35.2 Å². The molecule has 0 aliphatic heterocycles. The maximum Gasteiger partial charge on any atom is 0.427 e. The predicted octanol–water partition coefficient (Wildman–Crippen LogP) is 4.93. The molecule has 0 unspecified atom stereocenters. The molecular formula is C17H17ClN2O2S2. The fraction of sp³-hybridized carbons (Fsp3) is 0.176. The van der Waals surface area contributed by atoms with Gasteiger partial charge in [0.2, 0.25) is 0 Å². The zero-order valence-electron chi connectivity index (χ0n) is 13.1. The Morgan fingerprint density at radius 3 is 2.79 bits per heavy atom. The summed E-state index contributed by atoms with van der Waals surface area (Å²) in [5.74, 6) is 1.82. The van der Waals surface area contributed by atoms with Crippen LogP contribution in [-0.2, 0) is 10.5 Å². The smallest absolute Gasteiger partial charge is 0.427 e. The van der Waals surface area contributed by atoms with Crippen LogP contribution in [-0.4, -0.2) is 24.7 Å². The second-order valence-corrected chi connectivity index (χ2v) is 7.28. The lowest BCUT2D eigenvalue weighted by molar-refractivity contribution is 0.171. The van der Waals surface area contributed by atoms with Gasteiger partial charge in [0, 0.05) is 27.0 Å². The summed E-state index contributed by atoms with van der Waals surface area (Å²) in [6.07, 6.45) is 1.28. The van der Waals surface area contributed by atoms with Gasteiger partial charge in [0.15, 0.2) is 0 Å². The van der Waals surface area contributed by atoms with Crippen molar-refractivity contribution >= 4 is 46.5 Å². The van der Waals surface area contributed by atoms with Crippen molar-refractivity contribution in [3.8, 4) is 0 Å². The van der Waals surface area contributed by atoms with E-state index in [-0.39, 0.29) is 0 Å². The number of nitrogens with zero attached hydrogens (tertiary/aromatic N) is 1. The van der Waals surface area contributed by atoms with E-state index in [0.717, 1.165) is 21.9 Å². The highest BCUT2D eigenvalue weighted by Gasteiger charge is 2.12. The summed E-state index contributed by atoms with van der Waals surface area (Å²) in [4.78, 5) is 13.5. The van der Waals surface area contributed by atoms with Crippen LogP contribution in [0.25, 0.3) is 0 Å². The van der Waals surface area contributed by atoms with Crippen LogP contribution in [0.15, 0.2) is 54.2 Å². The van der Waals surface area contributed by atoms with Gasteiger partial charge in [-0.05, 0) is 24.3 Å². The van der Waals surface area contributed by atoms with E-state index in [1.165, 1.54) is 12.0 Å². The molecule has 1 amide bonds. The van der Waals surface area contributed by atoms with Crippen LogP contribution in [0.4, 0.5) is 4.79 Å². The lowest BCUT2D eigenvalue weighted by atomic mass is 10.1. The molecule has 0 fully saturated rings. The summed E-state index contributed by atoms with van der Waals surface area (Å²) in [6.45, 7) is 3.72. The van der Waals surface area contributed by atoms with E-state index in [4.69, 9.17) is 11.6 Å². The molecule has 0 saturated heterocycles. The zero-order valence-corrected chi connectivity index (χ0v) is 15.5. The fourth-order valence-electron chi connectivity index (χ4n) is 1.84. The van der Waals surface area contributed by atoms with Crippen LogP contribution in [0.3, 0.4) is 0 Å². The van der Waals surface area contributed by atoms with E-state index in [1.807, 2.05) is 24.3 Å². The SMILES string of the molecule is C=CCSCc1ccc(C(=NNC(=O)OC)c2ccc(Cl)cc2)s1. The van der Waals surface area contributed by atoms with Crippen molar-refractivity contribution in [3.05, 3.63) is 69.4 Å². The standard InChI is InChI=1S/C17H17ClN2O2S2/c1-3-10-23-11-14-8-9-15(24-14)16(19-20-17(21)22-2)12-4-6-13(18)7-5-12/h3-9H,1,10-11H2,2H3,(H,20,21). The van der Waals surface area contributed by atoms with E-state index in [0.29, 0.717) is 10.7 Å². The Labute approximate surface area is 154 Å². The number of carbonyl (C=O) groups excluding carboxylic acids is 1. The molecule has 1 aromatic heterocycles. The number of hydrogen-bond acceptors (Lipinski definition) is 5. The number of halogens is 1. The molecule has 0 radical (unpaired) electrons. The minimum atomic E-state index is -0.611. The molecule has 126 valence electrons. The number of amides is 1. The number of thioether (sulfide) groups is 1. The summed E-state index contributed by atoms with van der Waals surface area (Å²) in [6, 6.07) is 11.4. The number of rotatable bonds is 7. The molecule has 0 atom stereocenters. The predicted molar refractivity (Wildman–Crippen MR) is 103 cm³/mol. The molecule has 0 spiro atoms. The topological polar surface area (TPSA) is 50.7 Å². The Balaban J connectivity index is 2.26. The zero-order chi connectivity index (χ0) is 17.4. The van der Waals surface area contributed by atoms with E-state index in [2.05, 4.69) is 27.9 Å². The molecule has 4 nitrogen and oxygen atoms in total. The first-order valence-electron chi connectivity index (χ1n) is 7.09. The Bertz CT molecular complexity index is 726. The molecule has 2 rings (SSSR count). The minimum absolute atomic E-state index is 0.611. The lowest BCUT2D eigenvalue weighted by Gasteiger charge is -2.05. The van der Waals surface area contributed by atoms with Gasteiger partial charge in [-0.25, -0.2) is 10.2 Å². The monoisotopic (exact) mass is 380 g/mol. The van der Waals surface area contributed by atoms with Crippen LogP contribution in [0, 0.1) is 0 Å². The first kappa shape index (κ1) is 18.6. The lowest BCUT2D eigenvalue weighted by Crippen LogP contribution is -2.19. The number of benzene rings is 1. The second-order valence-electron chi connectivity index (χ2n) is 4.64. The third kappa shape index (κ3) is 5.40. The highest BCUT2D eigenvalue weighted by molar-refractivity contribution is 7.98. The van der Waals surface area contributed by atoms with Gasteiger partial charge in [-0.1, -0.05) is 29.8 Å². The molecule has 0 aliphatic carbocycles. The largest absolute Gasteiger partial charge is 0.452 e. The minimum Gasteiger partial charge on any atom is -0.452 e. The van der Waals surface area contributed by atoms with Gasteiger partial charge in [0.25, 0.3) is 0 Å². The maximum absolute atomic E-state index is 11.3. The average molecular weight is 381 g/mol. The number of methoxy groups -OCH3 is 1. The van der Waals surface area contributed by atoms with Crippen LogP contribution in [0.1, 0.15) is 15.3 Å². The number of nitrogens with one attached hydrogen (secondary N) is 1. The van der Waals surface area contributed by atoms with Crippen molar-refractivity contribution in [2.24, 2.45) is 5.10 Å². The molecular weight excluding hydrogens is 364 g/mol. The van der Waals surface area contributed by atoms with E-state index >= 15 is 0 Å².